The molecule has 4 nitrogen and oxygen atoms in total. The highest BCUT2D eigenvalue weighted by molar-refractivity contribution is 7.98. The van der Waals surface area contributed by atoms with Crippen LogP contribution in [0.4, 0.5) is 5.69 Å². The van der Waals surface area contributed by atoms with Crippen LogP contribution in [0.5, 0.6) is 0 Å². The van der Waals surface area contributed by atoms with Crippen LogP contribution < -0.4 is 5.73 Å². The van der Waals surface area contributed by atoms with Crippen LogP contribution >= 0.6 is 11.8 Å². The number of nitrogens with two attached hydrogens (primary N) is 1. The lowest BCUT2D eigenvalue weighted by atomic mass is 10.2. The van der Waals surface area contributed by atoms with Crippen molar-refractivity contribution in [1.29, 1.82) is 0 Å². The summed E-state index contributed by atoms with van der Waals surface area (Å²) in [6.07, 6.45) is 0. The molecule has 0 spiro atoms. The highest BCUT2D eigenvalue weighted by Crippen LogP contribution is 2.26. The molecule has 0 saturated carbocycles. The molecule has 0 atom stereocenters. The zero-order chi connectivity index (χ0) is 13.1. The molecule has 0 saturated heterocycles. The van der Waals surface area contributed by atoms with Gasteiger partial charge in [0.15, 0.2) is 0 Å². The summed E-state index contributed by atoms with van der Waals surface area (Å²) in [4.78, 5) is 11.9. The van der Waals surface area contributed by atoms with Gasteiger partial charge in [-0.1, -0.05) is 6.07 Å². The minimum absolute atomic E-state index is 0.221. The maximum absolute atomic E-state index is 10.9. The Hall–Kier alpha value is -1.88. The summed E-state index contributed by atoms with van der Waals surface area (Å²) in [7, 11) is 0. The topological polar surface area (TPSA) is 76.5 Å². The fraction of sp³-hybridized carbons (Fsp3) is 0.154. The molecule has 3 N–H and O–H groups in total. The Morgan fingerprint density at radius 3 is 2.83 bits per heavy atom. The fourth-order valence-corrected chi connectivity index (χ4v) is 2.43. The highest BCUT2D eigenvalue weighted by atomic mass is 32.2. The van der Waals surface area contributed by atoms with Crippen LogP contribution in [0.2, 0.25) is 0 Å². The zero-order valence-electron chi connectivity index (χ0n) is 9.84. The summed E-state index contributed by atoms with van der Waals surface area (Å²) in [5, 5.41) is 8.92. The number of nitrogen functional groups attached to an aromatic ring is 1. The number of benzene rings is 1. The highest BCUT2D eigenvalue weighted by Gasteiger charge is 2.13. The second kappa shape index (κ2) is 5.18. The van der Waals surface area contributed by atoms with Crippen molar-refractivity contribution in [3.05, 3.63) is 47.4 Å². The Balaban J connectivity index is 2.06. The number of carboxylic acid groups (broad SMARTS) is 1. The molecule has 18 heavy (non-hydrogen) atoms. The molecule has 1 aromatic carbocycles. The van der Waals surface area contributed by atoms with Gasteiger partial charge in [0.2, 0.25) is 0 Å². The Labute approximate surface area is 109 Å². The van der Waals surface area contributed by atoms with Gasteiger partial charge in [0.1, 0.15) is 17.1 Å². The molecule has 0 unspecified atom stereocenters. The molecule has 94 valence electrons. The lowest BCUT2D eigenvalue weighted by molar-refractivity contribution is 0.0695. The summed E-state index contributed by atoms with van der Waals surface area (Å²) in [6.45, 7) is 1.65. The van der Waals surface area contributed by atoms with Crippen molar-refractivity contribution in [2.45, 2.75) is 17.6 Å². The van der Waals surface area contributed by atoms with Crippen molar-refractivity contribution in [3.63, 3.8) is 0 Å². The number of furan rings is 1. The van der Waals surface area contributed by atoms with Gasteiger partial charge in [-0.15, -0.1) is 11.8 Å². The van der Waals surface area contributed by atoms with Crippen molar-refractivity contribution >= 4 is 23.4 Å². The van der Waals surface area contributed by atoms with E-state index in [2.05, 4.69) is 0 Å². The third kappa shape index (κ3) is 2.87. The van der Waals surface area contributed by atoms with Crippen LogP contribution in [-0.2, 0) is 5.75 Å². The molecule has 0 amide bonds. The van der Waals surface area contributed by atoms with Crippen LogP contribution in [-0.4, -0.2) is 11.1 Å². The summed E-state index contributed by atoms with van der Waals surface area (Å²) in [5.41, 5.74) is 6.61. The SMILES string of the molecule is Cc1oc(CSc2cccc(N)c2)cc1C(=O)O. The van der Waals surface area contributed by atoms with E-state index in [0.29, 0.717) is 23.0 Å². The number of anilines is 1. The van der Waals surface area contributed by atoms with Crippen molar-refractivity contribution in [1.82, 2.24) is 0 Å². The smallest absolute Gasteiger partial charge is 0.339 e. The van der Waals surface area contributed by atoms with Gasteiger partial charge in [-0.3, -0.25) is 0 Å². The van der Waals surface area contributed by atoms with Gasteiger partial charge in [-0.2, -0.15) is 0 Å². The van der Waals surface area contributed by atoms with Gasteiger partial charge in [0.05, 0.1) is 5.75 Å². The average Bonchev–Trinajstić information content (AvgIpc) is 2.68. The van der Waals surface area contributed by atoms with Gasteiger partial charge in [0, 0.05) is 10.6 Å². The Morgan fingerprint density at radius 2 is 2.22 bits per heavy atom. The number of carboxylic acids is 1. The van der Waals surface area contributed by atoms with E-state index < -0.39 is 5.97 Å². The first-order valence-corrected chi connectivity index (χ1v) is 6.36. The quantitative estimate of drug-likeness (QED) is 0.654. The number of hydrogen-bond donors (Lipinski definition) is 2. The number of aromatic carboxylic acids is 1. The van der Waals surface area contributed by atoms with Crippen LogP contribution in [0.3, 0.4) is 0 Å². The van der Waals surface area contributed by atoms with Gasteiger partial charge in [0.25, 0.3) is 0 Å². The fourth-order valence-electron chi connectivity index (χ4n) is 1.59. The van der Waals surface area contributed by atoms with Gasteiger partial charge < -0.3 is 15.3 Å². The van der Waals surface area contributed by atoms with Gasteiger partial charge >= 0.3 is 5.97 Å². The molecule has 0 bridgehead atoms. The van der Waals surface area contributed by atoms with E-state index in [1.54, 1.807) is 24.8 Å². The minimum Gasteiger partial charge on any atom is -0.478 e. The standard InChI is InChI=1S/C13H13NO3S/c1-8-12(13(15)16)6-10(17-8)7-18-11-4-2-3-9(14)5-11/h2-6H,7,14H2,1H3,(H,15,16). The molecule has 5 heteroatoms. The van der Waals surface area contributed by atoms with E-state index in [-0.39, 0.29) is 5.56 Å². The average molecular weight is 263 g/mol. The molecular formula is C13H13NO3S. The predicted octanol–water partition coefficient (Wildman–Crippen LogP) is 3.16. The number of rotatable bonds is 4. The van der Waals surface area contributed by atoms with E-state index in [0.717, 1.165) is 4.90 Å². The van der Waals surface area contributed by atoms with E-state index >= 15 is 0 Å². The molecule has 0 radical (unpaired) electrons. The summed E-state index contributed by atoms with van der Waals surface area (Å²) in [6, 6.07) is 9.10. The maximum Gasteiger partial charge on any atom is 0.339 e. The van der Waals surface area contributed by atoms with E-state index in [9.17, 15) is 4.79 Å². The van der Waals surface area contributed by atoms with Crippen molar-refractivity contribution in [3.8, 4) is 0 Å². The molecule has 0 fully saturated rings. The van der Waals surface area contributed by atoms with Crippen molar-refractivity contribution in [2.75, 3.05) is 5.73 Å². The zero-order valence-corrected chi connectivity index (χ0v) is 10.7. The Bertz CT molecular complexity index is 577. The maximum atomic E-state index is 10.9. The normalized spacial score (nSPS) is 10.5. The lowest BCUT2D eigenvalue weighted by Gasteiger charge is -2.00. The minimum atomic E-state index is -0.962. The van der Waals surface area contributed by atoms with Crippen LogP contribution in [0.15, 0.2) is 39.6 Å². The Kier molecular flexibility index (Phi) is 3.62. The molecule has 1 aromatic heterocycles. The summed E-state index contributed by atoms with van der Waals surface area (Å²) in [5.74, 6) is 0.705. The first-order valence-electron chi connectivity index (χ1n) is 5.37. The predicted molar refractivity (Wildman–Crippen MR) is 70.8 cm³/mol. The lowest BCUT2D eigenvalue weighted by Crippen LogP contribution is -1.94. The van der Waals surface area contributed by atoms with E-state index in [1.807, 2.05) is 24.3 Å². The monoisotopic (exact) mass is 263 g/mol. The van der Waals surface area contributed by atoms with Crippen LogP contribution in [0.1, 0.15) is 21.9 Å². The molecule has 0 aliphatic carbocycles. The largest absolute Gasteiger partial charge is 0.478 e. The first kappa shape index (κ1) is 12.6. The molecule has 0 aliphatic heterocycles. The molecule has 2 aromatic rings. The third-order valence-electron chi connectivity index (χ3n) is 2.44. The molecule has 1 heterocycles. The van der Waals surface area contributed by atoms with Crippen LogP contribution in [0.25, 0.3) is 0 Å². The van der Waals surface area contributed by atoms with Crippen molar-refractivity contribution < 1.29 is 14.3 Å². The van der Waals surface area contributed by atoms with Gasteiger partial charge in [-0.05, 0) is 31.2 Å². The second-order valence-electron chi connectivity index (χ2n) is 3.85. The van der Waals surface area contributed by atoms with E-state index in [4.69, 9.17) is 15.3 Å². The third-order valence-corrected chi connectivity index (χ3v) is 3.45. The summed E-state index contributed by atoms with van der Waals surface area (Å²) < 4.78 is 5.39. The van der Waals surface area contributed by atoms with Crippen molar-refractivity contribution in [2.24, 2.45) is 0 Å². The number of carbonyl (C=O) groups is 1. The first-order chi connectivity index (χ1) is 8.56. The summed E-state index contributed by atoms with van der Waals surface area (Å²) >= 11 is 1.55. The number of hydrogen-bond acceptors (Lipinski definition) is 4. The molecular weight excluding hydrogens is 250 g/mol. The molecule has 0 aliphatic rings. The number of aryl methyl sites for hydroxylation is 1. The Morgan fingerprint density at radius 1 is 1.44 bits per heavy atom. The molecule has 2 rings (SSSR count). The van der Waals surface area contributed by atoms with Gasteiger partial charge in [-0.25, -0.2) is 4.79 Å². The van der Waals surface area contributed by atoms with Crippen LogP contribution in [0, 0.1) is 6.92 Å². The van der Waals surface area contributed by atoms with E-state index in [1.165, 1.54) is 0 Å². The number of thioether (sulfide) groups is 1. The second-order valence-corrected chi connectivity index (χ2v) is 4.90.